The second-order valence-corrected chi connectivity index (χ2v) is 3.44. The van der Waals surface area contributed by atoms with Crippen LogP contribution in [0.5, 0.6) is 0 Å². The molecule has 0 spiro atoms. The molecule has 0 fully saturated rings. The topological polar surface area (TPSA) is 37.3 Å². The zero-order valence-electron chi connectivity index (χ0n) is 8.68. The van der Waals surface area contributed by atoms with E-state index in [-0.39, 0.29) is 5.92 Å². The summed E-state index contributed by atoms with van der Waals surface area (Å²) in [4.78, 5) is 10.7. The van der Waals surface area contributed by atoms with Crippen molar-refractivity contribution >= 4 is 5.97 Å². The van der Waals surface area contributed by atoms with Crippen molar-refractivity contribution in [1.29, 1.82) is 0 Å². The van der Waals surface area contributed by atoms with E-state index < -0.39 is 5.97 Å². The van der Waals surface area contributed by atoms with Crippen LogP contribution in [0.3, 0.4) is 0 Å². The average molecular weight is 184 g/mol. The molecule has 0 aromatic rings. The maximum absolute atomic E-state index is 10.7. The maximum Gasteiger partial charge on any atom is 0.306 e. The first-order chi connectivity index (χ1) is 6.11. The van der Waals surface area contributed by atoms with Gasteiger partial charge in [0.15, 0.2) is 0 Å². The molecule has 0 amide bonds. The Morgan fingerprint density at radius 2 is 2.08 bits per heavy atom. The first-order valence-corrected chi connectivity index (χ1v) is 5.01. The van der Waals surface area contributed by atoms with Crippen LogP contribution in [-0.4, -0.2) is 11.1 Å². The van der Waals surface area contributed by atoms with Gasteiger partial charge in [0.1, 0.15) is 0 Å². The fraction of sp³-hybridized carbons (Fsp3) is 0.727. The van der Waals surface area contributed by atoms with Crippen molar-refractivity contribution in [1.82, 2.24) is 0 Å². The van der Waals surface area contributed by atoms with Crippen LogP contribution in [0.2, 0.25) is 0 Å². The molecule has 0 aliphatic rings. The van der Waals surface area contributed by atoms with Gasteiger partial charge in [-0.05, 0) is 32.1 Å². The summed E-state index contributed by atoms with van der Waals surface area (Å²) < 4.78 is 0. The average Bonchev–Trinajstić information content (AvgIpc) is 2.11. The van der Waals surface area contributed by atoms with Crippen molar-refractivity contribution in [3.05, 3.63) is 12.2 Å². The standard InChI is InChI=1S/C11H20O2/c1-4-9(3)7-6-8-10(5-2)11(12)13/h10H,3-8H2,1-2H3,(H,12,13)/t10-/m1/s1. The first kappa shape index (κ1) is 12.2. The van der Waals surface area contributed by atoms with Gasteiger partial charge < -0.3 is 5.11 Å². The van der Waals surface area contributed by atoms with E-state index in [0.717, 1.165) is 32.1 Å². The molecule has 0 unspecified atom stereocenters. The lowest BCUT2D eigenvalue weighted by molar-refractivity contribution is -0.142. The van der Waals surface area contributed by atoms with Crippen LogP contribution in [-0.2, 0) is 4.79 Å². The lowest BCUT2D eigenvalue weighted by atomic mass is 9.97. The molecule has 0 rings (SSSR count). The molecule has 13 heavy (non-hydrogen) atoms. The Hall–Kier alpha value is -0.790. The Kier molecular flexibility index (Phi) is 6.29. The number of carbonyl (C=O) groups is 1. The zero-order chi connectivity index (χ0) is 10.3. The van der Waals surface area contributed by atoms with Gasteiger partial charge in [-0.1, -0.05) is 26.0 Å². The summed E-state index contributed by atoms with van der Waals surface area (Å²) in [6.45, 7) is 7.90. The van der Waals surface area contributed by atoms with Gasteiger partial charge in [0.2, 0.25) is 0 Å². The summed E-state index contributed by atoms with van der Waals surface area (Å²) in [5.74, 6) is -0.825. The molecule has 0 aromatic carbocycles. The van der Waals surface area contributed by atoms with Crippen LogP contribution in [0.25, 0.3) is 0 Å². The van der Waals surface area contributed by atoms with E-state index in [4.69, 9.17) is 5.11 Å². The number of carboxylic acid groups (broad SMARTS) is 1. The highest BCUT2D eigenvalue weighted by molar-refractivity contribution is 5.69. The Labute approximate surface area is 80.7 Å². The number of rotatable bonds is 7. The van der Waals surface area contributed by atoms with Crippen molar-refractivity contribution in [2.75, 3.05) is 0 Å². The number of hydrogen-bond acceptors (Lipinski definition) is 1. The summed E-state index contributed by atoms with van der Waals surface area (Å²) in [5, 5.41) is 8.77. The quantitative estimate of drug-likeness (QED) is 0.617. The normalized spacial score (nSPS) is 12.5. The van der Waals surface area contributed by atoms with Gasteiger partial charge >= 0.3 is 5.97 Å². The fourth-order valence-corrected chi connectivity index (χ4v) is 1.28. The molecule has 76 valence electrons. The van der Waals surface area contributed by atoms with Crippen LogP contribution >= 0.6 is 0 Å². The third-order valence-electron chi connectivity index (χ3n) is 2.42. The van der Waals surface area contributed by atoms with E-state index in [2.05, 4.69) is 13.5 Å². The molecule has 0 aliphatic heterocycles. The van der Waals surface area contributed by atoms with Gasteiger partial charge in [-0.25, -0.2) is 0 Å². The summed E-state index contributed by atoms with van der Waals surface area (Å²) in [6.07, 6.45) is 4.44. The van der Waals surface area contributed by atoms with E-state index in [0.29, 0.717) is 0 Å². The molecule has 1 N–H and O–H groups in total. The van der Waals surface area contributed by atoms with E-state index in [1.54, 1.807) is 0 Å². The second kappa shape index (κ2) is 6.70. The van der Waals surface area contributed by atoms with Crippen molar-refractivity contribution in [2.45, 2.75) is 46.0 Å². The molecule has 1 atom stereocenters. The van der Waals surface area contributed by atoms with Gasteiger partial charge in [-0.2, -0.15) is 0 Å². The molecule has 0 aromatic heterocycles. The molecular weight excluding hydrogens is 164 g/mol. The van der Waals surface area contributed by atoms with Crippen molar-refractivity contribution in [2.24, 2.45) is 5.92 Å². The number of allylic oxidation sites excluding steroid dienone is 1. The fourth-order valence-electron chi connectivity index (χ4n) is 1.28. The summed E-state index contributed by atoms with van der Waals surface area (Å²) in [7, 11) is 0. The molecule has 0 aliphatic carbocycles. The van der Waals surface area contributed by atoms with Gasteiger partial charge in [-0.15, -0.1) is 0 Å². The minimum atomic E-state index is -0.662. The molecule has 0 radical (unpaired) electrons. The van der Waals surface area contributed by atoms with Crippen molar-refractivity contribution in [3.63, 3.8) is 0 Å². The molecule has 2 nitrogen and oxygen atoms in total. The van der Waals surface area contributed by atoms with Crippen molar-refractivity contribution in [3.8, 4) is 0 Å². The monoisotopic (exact) mass is 184 g/mol. The molecular formula is C11H20O2. The largest absolute Gasteiger partial charge is 0.481 e. The highest BCUT2D eigenvalue weighted by Crippen LogP contribution is 2.16. The third kappa shape index (κ3) is 5.45. The molecule has 2 heteroatoms. The number of carboxylic acids is 1. The summed E-state index contributed by atoms with van der Waals surface area (Å²) in [5.41, 5.74) is 1.22. The zero-order valence-corrected chi connectivity index (χ0v) is 8.68. The lowest BCUT2D eigenvalue weighted by Crippen LogP contribution is -2.12. The molecule has 0 saturated carbocycles. The van der Waals surface area contributed by atoms with E-state index in [1.807, 2.05) is 6.92 Å². The van der Waals surface area contributed by atoms with Gasteiger partial charge in [0.25, 0.3) is 0 Å². The lowest BCUT2D eigenvalue weighted by Gasteiger charge is -2.09. The van der Waals surface area contributed by atoms with E-state index >= 15 is 0 Å². The van der Waals surface area contributed by atoms with Crippen LogP contribution in [0.1, 0.15) is 46.0 Å². The number of aliphatic carboxylic acids is 1. The minimum Gasteiger partial charge on any atom is -0.481 e. The smallest absolute Gasteiger partial charge is 0.306 e. The van der Waals surface area contributed by atoms with E-state index in [1.165, 1.54) is 5.57 Å². The predicted octanol–water partition coefficient (Wildman–Crippen LogP) is 3.23. The van der Waals surface area contributed by atoms with Crippen LogP contribution in [0.15, 0.2) is 12.2 Å². The SMILES string of the molecule is C=C(CC)CCC[C@@H](CC)C(=O)O. The van der Waals surface area contributed by atoms with Gasteiger partial charge in [-0.3, -0.25) is 4.79 Å². The highest BCUT2D eigenvalue weighted by atomic mass is 16.4. The van der Waals surface area contributed by atoms with Crippen molar-refractivity contribution < 1.29 is 9.90 Å². The predicted molar refractivity (Wildman–Crippen MR) is 54.7 cm³/mol. The van der Waals surface area contributed by atoms with Crippen LogP contribution in [0.4, 0.5) is 0 Å². The minimum absolute atomic E-state index is 0.162. The maximum atomic E-state index is 10.7. The van der Waals surface area contributed by atoms with E-state index in [9.17, 15) is 4.79 Å². The second-order valence-electron chi connectivity index (χ2n) is 3.44. The van der Waals surface area contributed by atoms with Crippen LogP contribution < -0.4 is 0 Å². The Morgan fingerprint density at radius 1 is 1.46 bits per heavy atom. The highest BCUT2D eigenvalue weighted by Gasteiger charge is 2.13. The summed E-state index contributed by atoms with van der Waals surface area (Å²) in [6, 6.07) is 0. The Bertz CT molecular complexity index is 173. The van der Waals surface area contributed by atoms with Gasteiger partial charge in [0, 0.05) is 0 Å². The summed E-state index contributed by atoms with van der Waals surface area (Å²) >= 11 is 0. The third-order valence-corrected chi connectivity index (χ3v) is 2.42. The molecule has 0 saturated heterocycles. The first-order valence-electron chi connectivity index (χ1n) is 5.01. The molecule has 0 bridgehead atoms. The Balaban J connectivity index is 3.61. The van der Waals surface area contributed by atoms with Gasteiger partial charge in [0.05, 0.1) is 5.92 Å². The van der Waals surface area contributed by atoms with Crippen LogP contribution in [0, 0.1) is 5.92 Å². The number of hydrogen-bond donors (Lipinski definition) is 1. The molecule has 0 heterocycles. The Morgan fingerprint density at radius 3 is 2.46 bits per heavy atom.